The van der Waals surface area contributed by atoms with Crippen molar-refractivity contribution in [3.63, 3.8) is 0 Å². The lowest BCUT2D eigenvalue weighted by atomic mass is 9.93. The summed E-state index contributed by atoms with van der Waals surface area (Å²) in [7, 11) is 1.72. The molecule has 0 aliphatic carbocycles. The largest absolute Gasteiger partial charge is 0.496 e. The molecular weight excluding hydrogens is 401 g/mol. The standard InChI is InChI=1S/C18H29N3O.HI/c1-5-19-17(21-13-11-18(2,3)14-21)20-12-10-15-8-6-7-9-16(15)22-4;/h6-9H,5,10-14H2,1-4H3,(H,19,20);1H. The molecule has 0 radical (unpaired) electrons. The molecule has 1 saturated heterocycles. The molecule has 1 N–H and O–H groups in total. The van der Waals surface area contributed by atoms with Gasteiger partial charge in [0.15, 0.2) is 5.96 Å². The number of ether oxygens (including phenoxy) is 1. The van der Waals surface area contributed by atoms with E-state index in [9.17, 15) is 0 Å². The van der Waals surface area contributed by atoms with E-state index in [1.165, 1.54) is 12.0 Å². The van der Waals surface area contributed by atoms with Crippen LogP contribution in [0.1, 0.15) is 32.8 Å². The lowest BCUT2D eigenvalue weighted by Gasteiger charge is -2.23. The van der Waals surface area contributed by atoms with E-state index in [2.05, 4.69) is 43.1 Å². The third-order valence-electron chi connectivity index (χ3n) is 4.15. The fourth-order valence-corrected chi connectivity index (χ4v) is 2.91. The SMILES string of the molecule is CCNC(=NCCc1ccccc1OC)N1CCC(C)(C)C1.I. The Morgan fingerprint density at radius 1 is 1.35 bits per heavy atom. The van der Waals surface area contributed by atoms with Gasteiger partial charge in [0.25, 0.3) is 0 Å². The molecule has 0 atom stereocenters. The molecule has 2 rings (SSSR count). The average Bonchev–Trinajstić information content (AvgIpc) is 2.87. The molecular formula is C18H30IN3O. The summed E-state index contributed by atoms with van der Waals surface area (Å²) in [6, 6.07) is 8.17. The van der Waals surface area contributed by atoms with Crippen molar-refractivity contribution in [1.82, 2.24) is 10.2 Å². The molecule has 1 fully saturated rings. The van der Waals surface area contributed by atoms with Crippen molar-refractivity contribution < 1.29 is 4.74 Å². The van der Waals surface area contributed by atoms with Gasteiger partial charge < -0.3 is 15.0 Å². The minimum Gasteiger partial charge on any atom is -0.496 e. The molecule has 4 nitrogen and oxygen atoms in total. The highest BCUT2D eigenvalue weighted by Gasteiger charge is 2.30. The number of rotatable bonds is 5. The van der Waals surface area contributed by atoms with Gasteiger partial charge in [-0.05, 0) is 36.8 Å². The average molecular weight is 431 g/mol. The number of methoxy groups -OCH3 is 1. The Kier molecular flexibility index (Phi) is 8.16. The maximum atomic E-state index is 5.40. The molecule has 0 saturated carbocycles. The first-order chi connectivity index (χ1) is 10.6. The van der Waals surface area contributed by atoms with E-state index in [0.717, 1.165) is 44.3 Å². The second kappa shape index (κ2) is 9.35. The van der Waals surface area contributed by atoms with Gasteiger partial charge in [0, 0.05) is 26.2 Å². The fourth-order valence-electron chi connectivity index (χ4n) is 2.91. The molecule has 5 heteroatoms. The third kappa shape index (κ3) is 5.86. The molecule has 0 aromatic heterocycles. The van der Waals surface area contributed by atoms with Crippen LogP contribution in [0.3, 0.4) is 0 Å². The summed E-state index contributed by atoms with van der Waals surface area (Å²) in [4.78, 5) is 7.19. The molecule has 1 aliphatic rings. The van der Waals surface area contributed by atoms with E-state index in [1.807, 2.05) is 12.1 Å². The predicted molar refractivity (Wildman–Crippen MR) is 108 cm³/mol. The van der Waals surface area contributed by atoms with E-state index in [-0.39, 0.29) is 24.0 Å². The Morgan fingerprint density at radius 3 is 2.70 bits per heavy atom. The summed E-state index contributed by atoms with van der Waals surface area (Å²) >= 11 is 0. The second-order valence-electron chi connectivity index (χ2n) is 6.63. The highest BCUT2D eigenvalue weighted by molar-refractivity contribution is 14.0. The van der Waals surface area contributed by atoms with Crippen LogP contribution in [0.5, 0.6) is 5.75 Å². The summed E-state index contributed by atoms with van der Waals surface area (Å²) in [6.45, 7) is 10.6. The lowest BCUT2D eigenvalue weighted by molar-refractivity contribution is 0.370. The van der Waals surface area contributed by atoms with Crippen molar-refractivity contribution >= 4 is 29.9 Å². The highest BCUT2D eigenvalue weighted by Crippen LogP contribution is 2.28. The van der Waals surface area contributed by atoms with Crippen LogP contribution in [0.4, 0.5) is 0 Å². The van der Waals surface area contributed by atoms with Gasteiger partial charge in [0.05, 0.1) is 7.11 Å². The van der Waals surface area contributed by atoms with Crippen LogP contribution in [0.2, 0.25) is 0 Å². The Bertz CT molecular complexity index is 517. The molecule has 23 heavy (non-hydrogen) atoms. The molecule has 130 valence electrons. The molecule has 1 aromatic rings. The zero-order chi connectivity index (χ0) is 16.0. The van der Waals surface area contributed by atoms with E-state index in [0.29, 0.717) is 5.41 Å². The molecule has 0 unspecified atom stereocenters. The van der Waals surface area contributed by atoms with Gasteiger partial charge in [-0.1, -0.05) is 32.0 Å². The van der Waals surface area contributed by atoms with E-state index < -0.39 is 0 Å². The molecule has 1 aromatic carbocycles. The minimum atomic E-state index is 0. The van der Waals surface area contributed by atoms with Gasteiger partial charge in [0.1, 0.15) is 5.75 Å². The van der Waals surface area contributed by atoms with Crippen molar-refractivity contribution in [3.05, 3.63) is 29.8 Å². The Hall–Kier alpha value is -0.980. The first-order valence-corrected chi connectivity index (χ1v) is 8.21. The quantitative estimate of drug-likeness (QED) is 0.440. The van der Waals surface area contributed by atoms with Crippen LogP contribution in [0, 0.1) is 5.41 Å². The maximum absolute atomic E-state index is 5.40. The fraction of sp³-hybridized carbons (Fsp3) is 0.611. The number of nitrogens with one attached hydrogen (secondary N) is 1. The first kappa shape index (κ1) is 20.1. The summed E-state index contributed by atoms with van der Waals surface area (Å²) in [6.07, 6.45) is 2.13. The van der Waals surface area contributed by atoms with Crippen LogP contribution in [0.25, 0.3) is 0 Å². The number of benzene rings is 1. The van der Waals surface area contributed by atoms with Gasteiger partial charge >= 0.3 is 0 Å². The minimum absolute atomic E-state index is 0. The number of hydrogen-bond acceptors (Lipinski definition) is 2. The number of guanidine groups is 1. The second-order valence-corrected chi connectivity index (χ2v) is 6.63. The monoisotopic (exact) mass is 431 g/mol. The number of para-hydroxylation sites is 1. The van der Waals surface area contributed by atoms with Crippen LogP contribution >= 0.6 is 24.0 Å². The maximum Gasteiger partial charge on any atom is 0.193 e. The number of aliphatic imine (C=N–C) groups is 1. The summed E-state index contributed by atoms with van der Waals surface area (Å²) in [5, 5.41) is 3.42. The highest BCUT2D eigenvalue weighted by atomic mass is 127. The molecule has 0 bridgehead atoms. The molecule has 1 heterocycles. The number of hydrogen-bond donors (Lipinski definition) is 1. The van der Waals surface area contributed by atoms with Gasteiger partial charge in [-0.3, -0.25) is 4.99 Å². The smallest absolute Gasteiger partial charge is 0.193 e. The first-order valence-electron chi connectivity index (χ1n) is 8.21. The Morgan fingerprint density at radius 2 is 2.09 bits per heavy atom. The van der Waals surface area contributed by atoms with E-state index in [1.54, 1.807) is 7.11 Å². The Labute approximate surface area is 157 Å². The topological polar surface area (TPSA) is 36.9 Å². The van der Waals surface area contributed by atoms with Crippen LogP contribution < -0.4 is 10.1 Å². The zero-order valence-corrected chi connectivity index (χ0v) is 17.1. The van der Waals surface area contributed by atoms with Crippen molar-refractivity contribution in [3.8, 4) is 5.75 Å². The van der Waals surface area contributed by atoms with Crippen molar-refractivity contribution in [2.75, 3.05) is 33.3 Å². The third-order valence-corrected chi connectivity index (χ3v) is 4.15. The summed E-state index contributed by atoms with van der Waals surface area (Å²) < 4.78 is 5.40. The van der Waals surface area contributed by atoms with Gasteiger partial charge in [-0.15, -0.1) is 24.0 Å². The van der Waals surface area contributed by atoms with Gasteiger partial charge in [-0.2, -0.15) is 0 Å². The van der Waals surface area contributed by atoms with E-state index >= 15 is 0 Å². The zero-order valence-electron chi connectivity index (χ0n) is 14.8. The van der Waals surface area contributed by atoms with E-state index in [4.69, 9.17) is 9.73 Å². The van der Waals surface area contributed by atoms with Gasteiger partial charge in [0.2, 0.25) is 0 Å². The van der Waals surface area contributed by atoms with Crippen molar-refractivity contribution in [2.45, 2.75) is 33.6 Å². The van der Waals surface area contributed by atoms with Crippen LogP contribution in [-0.4, -0.2) is 44.1 Å². The predicted octanol–water partition coefficient (Wildman–Crippen LogP) is 3.55. The number of likely N-dealkylation sites (tertiary alicyclic amines) is 1. The Balaban J connectivity index is 0.00000264. The van der Waals surface area contributed by atoms with Gasteiger partial charge in [-0.25, -0.2) is 0 Å². The number of halogens is 1. The molecule has 0 spiro atoms. The van der Waals surface area contributed by atoms with Crippen molar-refractivity contribution in [2.24, 2.45) is 10.4 Å². The lowest BCUT2D eigenvalue weighted by Crippen LogP contribution is -2.40. The van der Waals surface area contributed by atoms with Crippen LogP contribution in [-0.2, 0) is 6.42 Å². The normalized spacial score (nSPS) is 16.9. The number of nitrogens with zero attached hydrogens (tertiary/aromatic N) is 2. The van der Waals surface area contributed by atoms with Crippen LogP contribution in [0.15, 0.2) is 29.3 Å². The summed E-state index contributed by atoms with van der Waals surface area (Å²) in [5.74, 6) is 1.99. The molecule has 0 amide bonds. The summed E-state index contributed by atoms with van der Waals surface area (Å²) in [5.41, 5.74) is 1.60. The molecule has 1 aliphatic heterocycles. The van der Waals surface area contributed by atoms with Crippen molar-refractivity contribution in [1.29, 1.82) is 0 Å².